The Hall–Kier alpha value is -3.71. The smallest absolute Gasteiger partial charge is 0.208 e. The van der Waals surface area contributed by atoms with Gasteiger partial charge in [0.05, 0.1) is 11.9 Å². The number of para-hydroxylation sites is 1. The van der Waals surface area contributed by atoms with E-state index in [9.17, 15) is 5.26 Å². The van der Waals surface area contributed by atoms with Crippen molar-refractivity contribution in [2.24, 2.45) is 4.99 Å². The van der Waals surface area contributed by atoms with Crippen LogP contribution in [0.5, 0.6) is 0 Å². The zero-order valence-corrected chi connectivity index (χ0v) is 15.0. The molecular formula is C18H15N9O. The van der Waals surface area contributed by atoms with Crippen LogP contribution in [0.1, 0.15) is 24.1 Å². The number of imidazole rings is 1. The summed E-state index contributed by atoms with van der Waals surface area (Å²) in [6.45, 7) is 0.367. The van der Waals surface area contributed by atoms with Gasteiger partial charge < -0.3 is 4.74 Å². The lowest BCUT2D eigenvalue weighted by molar-refractivity contribution is 0.0735. The number of nitriles is 1. The molecule has 1 saturated carbocycles. The first kappa shape index (κ1) is 15.4. The number of hydrazine groups is 1. The van der Waals surface area contributed by atoms with Crippen molar-refractivity contribution in [3.63, 3.8) is 0 Å². The molecule has 2 aliphatic heterocycles. The number of fused-ring (bicyclic) bond motifs is 6. The summed E-state index contributed by atoms with van der Waals surface area (Å²) in [7, 11) is 1.66. The van der Waals surface area contributed by atoms with Crippen molar-refractivity contribution >= 4 is 17.5 Å². The second-order valence-electron chi connectivity index (χ2n) is 6.95. The molecule has 1 aromatic carbocycles. The normalized spacial score (nSPS) is 18.2. The van der Waals surface area contributed by atoms with E-state index >= 15 is 0 Å². The lowest BCUT2D eigenvalue weighted by atomic mass is 10.1. The lowest BCUT2D eigenvalue weighted by Gasteiger charge is -2.34. The van der Waals surface area contributed by atoms with E-state index in [1.807, 2.05) is 38.9 Å². The number of methoxy groups -OCH3 is 1. The first-order valence-electron chi connectivity index (χ1n) is 8.93. The molecule has 10 heteroatoms. The van der Waals surface area contributed by atoms with E-state index in [1.54, 1.807) is 19.6 Å². The summed E-state index contributed by atoms with van der Waals surface area (Å²) >= 11 is 0. The van der Waals surface area contributed by atoms with Gasteiger partial charge in [0, 0.05) is 12.7 Å². The molecule has 0 bridgehead atoms. The fourth-order valence-electron chi connectivity index (χ4n) is 4.04. The zero-order chi connectivity index (χ0) is 18.9. The molecule has 6 rings (SSSR count). The Morgan fingerprint density at radius 1 is 1.25 bits per heavy atom. The summed E-state index contributed by atoms with van der Waals surface area (Å²) in [4.78, 5) is 9.10. The number of hydrogen-bond donors (Lipinski definition) is 0. The highest BCUT2D eigenvalue weighted by molar-refractivity contribution is 6.16. The number of anilines is 2. The quantitative estimate of drug-likeness (QED) is 0.684. The van der Waals surface area contributed by atoms with Gasteiger partial charge in [-0.2, -0.15) is 5.26 Å². The van der Waals surface area contributed by atoms with Gasteiger partial charge in [-0.1, -0.05) is 12.1 Å². The third kappa shape index (κ3) is 1.78. The number of ether oxygens (including phenoxy) is 1. The molecule has 2 aromatic heterocycles. The Bertz CT molecular complexity index is 1180. The summed E-state index contributed by atoms with van der Waals surface area (Å²) in [6, 6.07) is 8.08. The molecule has 0 saturated heterocycles. The number of aliphatic imine (C=N–C) groups is 1. The van der Waals surface area contributed by atoms with Gasteiger partial charge >= 0.3 is 0 Å². The molecule has 0 radical (unpaired) electrons. The molecule has 3 aliphatic rings. The summed E-state index contributed by atoms with van der Waals surface area (Å²) in [6.07, 6.45) is 7.32. The molecule has 0 spiro atoms. The van der Waals surface area contributed by atoms with Crippen molar-refractivity contribution < 1.29 is 4.74 Å². The van der Waals surface area contributed by atoms with Crippen molar-refractivity contribution in [3.8, 4) is 11.9 Å². The number of rotatable bonds is 3. The molecule has 138 valence electrons. The fraction of sp³-hybridized carbons (Fsp3) is 0.278. The van der Waals surface area contributed by atoms with Crippen LogP contribution in [0.3, 0.4) is 0 Å². The average Bonchev–Trinajstić information content (AvgIpc) is 3.10. The Morgan fingerprint density at radius 3 is 2.89 bits per heavy atom. The predicted molar refractivity (Wildman–Crippen MR) is 98.9 cm³/mol. The standard InChI is InChI=1S/C18H15N9O/c1-28-18(6-7-18)15-17(22-23-25(15)9-19)26-11-21-16-12-4-2-3-5-13(12)24-10-20-8-14(24)27(16)26/h2-5,8,10H,6-7,11H2,1H3. The number of nitrogens with zero attached hydrogens (tertiary/aromatic N) is 9. The van der Waals surface area contributed by atoms with Crippen molar-refractivity contribution in [3.05, 3.63) is 48.0 Å². The third-order valence-corrected chi connectivity index (χ3v) is 5.56. The van der Waals surface area contributed by atoms with Crippen LogP contribution < -0.4 is 10.0 Å². The zero-order valence-electron chi connectivity index (χ0n) is 15.0. The van der Waals surface area contributed by atoms with E-state index in [-0.39, 0.29) is 0 Å². The van der Waals surface area contributed by atoms with Gasteiger partial charge in [0.25, 0.3) is 0 Å². The van der Waals surface area contributed by atoms with Gasteiger partial charge in [-0.3, -0.25) is 4.57 Å². The molecule has 28 heavy (non-hydrogen) atoms. The number of amidine groups is 1. The highest BCUT2D eigenvalue weighted by atomic mass is 16.5. The lowest BCUT2D eigenvalue weighted by Crippen LogP contribution is -2.46. The molecule has 10 nitrogen and oxygen atoms in total. The molecule has 1 aliphatic carbocycles. The third-order valence-electron chi connectivity index (χ3n) is 5.56. The molecule has 3 aromatic rings. The average molecular weight is 373 g/mol. The maximum atomic E-state index is 9.53. The minimum absolute atomic E-state index is 0.367. The van der Waals surface area contributed by atoms with Gasteiger partial charge in [-0.15, -0.1) is 9.78 Å². The number of benzene rings is 1. The molecular weight excluding hydrogens is 358 g/mol. The molecule has 0 unspecified atom stereocenters. The Balaban J connectivity index is 1.53. The van der Waals surface area contributed by atoms with E-state index in [0.717, 1.165) is 35.7 Å². The van der Waals surface area contributed by atoms with E-state index in [1.165, 1.54) is 4.68 Å². The Morgan fingerprint density at radius 2 is 2.11 bits per heavy atom. The number of hydrogen-bond acceptors (Lipinski definition) is 8. The summed E-state index contributed by atoms with van der Waals surface area (Å²) in [5.74, 6) is 2.25. The van der Waals surface area contributed by atoms with Gasteiger partial charge in [0.2, 0.25) is 6.19 Å². The summed E-state index contributed by atoms with van der Waals surface area (Å²) < 4.78 is 9.00. The minimum atomic E-state index is -0.523. The molecule has 1 fully saturated rings. The van der Waals surface area contributed by atoms with Crippen LogP contribution in [0.25, 0.3) is 5.69 Å². The molecule has 4 heterocycles. The van der Waals surface area contributed by atoms with Gasteiger partial charge in [-0.05, 0) is 30.2 Å². The van der Waals surface area contributed by atoms with Crippen molar-refractivity contribution in [1.82, 2.24) is 24.5 Å². The van der Waals surface area contributed by atoms with Crippen LogP contribution in [0.2, 0.25) is 0 Å². The topological polar surface area (TPSA) is 100 Å². The SMILES string of the molecule is COC1(c2c(N3CN=C4c5ccccc5-n5cncc5N43)nnn2C#N)CC1. The number of aromatic nitrogens is 5. The van der Waals surface area contributed by atoms with Crippen LogP contribution in [0.15, 0.2) is 41.8 Å². The minimum Gasteiger partial charge on any atom is -0.372 e. The summed E-state index contributed by atoms with van der Waals surface area (Å²) in [5, 5.41) is 21.8. The first-order chi connectivity index (χ1) is 13.8. The first-order valence-corrected chi connectivity index (χ1v) is 8.93. The van der Waals surface area contributed by atoms with Gasteiger partial charge in [0.15, 0.2) is 17.5 Å². The van der Waals surface area contributed by atoms with Crippen LogP contribution in [-0.2, 0) is 10.3 Å². The Labute approximate surface area is 159 Å². The van der Waals surface area contributed by atoms with Crippen LogP contribution in [-0.4, -0.2) is 44.2 Å². The maximum absolute atomic E-state index is 9.53. The van der Waals surface area contributed by atoms with E-state index < -0.39 is 5.60 Å². The van der Waals surface area contributed by atoms with Crippen LogP contribution in [0.4, 0.5) is 11.6 Å². The van der Waals surface area contributed by atoms with Crippen molar-refractivity contribution in [1.29, 1.82) is 5.26 Å². The monoisotopic (exact) mass is 373 g/mol. The molecule has 0 N–H and O–H groups in total. The van der Waals surface area contributed by atoms with E-state index in [0.29, 0.717) is 18.2 Å². The predicted octanol–water partition coefficient (Wildman–Crippen LogP) is 1.39. The second kappa shape index (κ2) is 5.17. The largest absolute Gasteiger partial charge is 0.372 e. The highest BCUT2D eigenvalue weighted by Gasteiger charge is 2.52. The fourth-order valence-corrected chi connectivity index (χ4v) is 4.04. The highest BCUT2D eigenvalue weighted by Crippen LogP contribution is 2.51. The second-order valence-corrected chi connectivity index (χ2v) is 6.95. The summed E-state index contributed by atoms with van der Waals surface area (Å²) in [5.41, 5.74) is 2.19. The molecule has 0 amide bonds. The van der Waals surface area contributed by atoms with Crippen LogP contribution in [0, 0.1) is 11.5 Å². The Kier molecular flexibility index (Phi) is 2.84. The van der Waals surface area contributed by atoms with Gasteiger partial charge in [0.1, 0.15) is 24.3 Å². The maximum Gasteiger partial charge on any atom is 0.208 e. The van der Waals surface area contributed by atoms with E-state index in [4.69, 9.17) is 9.73 Å². The van der Waals surface area contributed by atoms with Crippen molar-refractivity contribution in [2.45, 2.75) is 18.4 Å². The van der Waals surface area contributed by atoms with Gasteiger partial charge in [-0.25, -0.2) is 20.0 Å². The van der Waals surface area contributed by atoms with Crippen LogP contribution >= 0.6 is 0 Å². The molecule has 0 atom stereocenters. The van der Waals surface area contributed by atoms with E-state index in [2.05, 4.69) is 21.5 Å². The van der Waals surface area contributed by atoms with Crippen molar-refractivity contribution in [2.75, 3.05) is 23.8 Å².